The zero-order chi connectivity index (χ0) is 13.4. The minimum atomic E-state index is 0.00294. The van der Waals surface area contributed by atoms with Crippen molar-refractivity contribution in [3.8, 4) is 0 Å². The molecule has 0 radical (unpaired) electrons. The zero-order valence-corrected chi connectivity index (χ0v) is 11.7. The fourth-order valence-corrected chi connectivity index (χ4v) is 5.68. The molecule has 0 aromatic heterocycles. The van der Waals surface area contributed by atoms with Gasteiger partial charge in [-0.3, -0.25) is 14.5 Å². The van der Waals surface area contributed by atoms with Gasteiger partial charge in [-0.05, 0) is 42.9 Å². The van der Waals surface area contributed by atoms with E-state index in [9.17, 15) is 9.59 Å². The Morgan fingerprint density at radius 3 is 1.95 bits per heavy atom. The lowest BCUT2D eigenvalue weighted by atomic mass is 9.63. The van der Waals surface area contributed by atoms with Crippen LogP contribution in [0.3, 0.4) is 0 Å². The second kappa shape index (κ2) is 3.75. The average Bonchev–Trinajstić information content (AvgIpc) is 3.25. The van der Waals surface area contributed by atoms with Crippen molar-refractivity contribution >= 4 is 11.8 Å². The van der Waals surface area contributed by atoms with E-state index in [0.717, 1.165) is 12.8 Å². The summed E-state index contributed by atoms with van der Waals surface area (Å²) in [4.78, 5) is 27.5. The molecule has 3 saturated carbocycles. The molecule has 2 amide bonds. The van der Waals surface area contributed by atoms with Crippen molar-refractivity contribution in [3.63, 3.8) is 0 Å². The summed E-state index contributed by atoms with van der Waals surface area (Å²) in [5.41, 5.74) is 0. The van der Waals surface area contributed by atoms with Crippen LogP contribution in [0.5, 0.6) is 0 Å². The van der Waals surface area contributed by atoms with Gasteiger partial charge in [0.15, 0.2) is 0 Å². The molecule has 0 spiro atoms. The largest absolute Gasteiger partial charge is 0.279 e. The number of imide groups is 1. The Morgan fingerprint density at radius 2 is 1.40 bits per heavy atom. The maximum atomic E-state index is 12.9. The first-order valence-corrected chi connectivity index (χ1v) is 8.32. The molecule has 6 atom stereocenters. The van der Waals surface area contributed by atoms with E-state index in [2.05, 4.69) is 12.2 Å². The predicted octanol–water partition coefficient (Wildman–Crippen LogP) is 2.37. The van der Waals surface area contributed by atoms with Crippen LogP contribution in [0.2, 0.25) is 0 Å². The van der Waals surface area contributed by atoms with Crippen LogP contribution in [-0.4, -0.2) is 22.8 Å². The minimum Gasteiger partial charge on any atom is -0.279 e. The van der Waals surface area contributed by atoms with E-state index in [1.165, 1.54) is 25.7 Å². The number of hydrogen-bond donors (Lipinski definition) is 0. The normalized spacial score (nSPS) is 49.5. The van der Waals surface area contributed by atoms with Gasteiger partial charge in [0.2, 0.25) is 11.8 Å². The van der Waals surface area contributed by atoms with Crippen LogP contribution < -0.4 is 0 Å². The number of allylic oxidation sites excluding steroid dienone is 2. The second-order valence-electron chi connectivity index (χ2n) is 7.49. The smallest absolute Gasteiger partial charge is 0.233 e. The molecule has 3 heteroatoms. The highest BCUT2D eigenvalue weighted by molar-refractivity contribution is 6.06. The zero-order valence-electron chi connectivity index (χ0n) is 11.7. The highest BCUT2D eigenvalue weighted by Gasteiger charge is 2.67. The molecule has 6 rings (SSSR count). The molecule has 0 N–H and O–H groups in total. The van der Waals surface area contributed by atoms with Crippen molar-refractivity contribution in [2.45, 2.75) is 44.6 Å². The van der Waals surface area contributed by atoms with Crippen molar-refractivity contribution in [1.29, 1.82) is 0 Å². The lowest BCUT2D eigenvalue weighted by Crippen LogP contribution is -2.42. The minimum absolute atomic E-state index is 0.00294. The number of carbonyl (C=O) groups is 2. The van der Waals surface area contributed by atoms with Crippen LogP contribution in [0.1, 0.15) is 38.5 Å². The molecule has 4 fully saturated rings. The van der Waals surface area contributed by atoms with E-state index in [0.29, 0.717) is 23.7 Å². The molecule has 2 bridgehead atoms. The molecule has 3 nitrogen and oxygen atoms in total. The van der Waals surface area contributed by atoms with E-state index >= 15 is 0 Å². The Kier molecular flexibility index (Phi) is 2.16. The third kappa shape index (κ3) is 1.27. The first kappa shape index (κ1) is 11.5. The van der Waals surface area contributed by atoms with Gasteiger partial charge in [0.1, 0.15) is 0 Å². The van der Waals surface area contributed by atoms with Crippen LogP contribution >= 0.6 is 0 Å². The van der Waals surface area contributed by atoms with Crippen molar-refractivity contribution in [3.05, 3.63) is 12.2 Å². The first-order chi connectivity index (χ1) is 9.77. The summed E-state index contributed by atoms with van der Waals surface area (Å²) in [7, 11) is 0. The van der Waals surface area contributed by atoms with Gasteiger partial charge in [0.05, 0.1) is 11.8 Å². The molecular weight excluding hydrogens is 250 g/mol. The van der Waals surface area contributed by atoms with E-state index in [4.69, 9.17) is 0 Å². The molecular formula is C17H21NO2. The van der Waals surface area contributed by atoms with Gasteiger partial charge in [-0.15, -0.1) is 0 Å². The van der Waals surface area contributed by atoms with Crippen LogP contribution in [0.4, 0.5) is 0 Å². The fraction of sp³-hybridized carbons (Fsp3) is 0.765. The van der Waals surface area contributed by atoms with Crippen LogP contribution in [0.25, 0.3) is 0 Å². The lowest BCUT2D eigenvalue weighted by molar-refractivity contribution is -0.143. The Hall–Kier alpha value is -1.12. The third-order valence-corrected chi connectivity index (χ3v) is 6.64. The molecule has 0 aromatic rings. The Labute approximate surface area is 119 Å². The number of likely N-dealkylation sites (tertiary alicyclic amines) is 1. The van der Waals surface area contributed by atoms with E-state index < -0.39 is 0 Å². The second-order valence-corrected chi connectivity index (χ2v) is 7.49. The quantitative estimate of drug-likeness (QED) is 0.542. The number of rotatable bonds is 1. The molecule has 0 aromatic carbocycles. The van der Waals surface area contributed by atoms with Crippen LogP contribution in [-0.2, 0) is 9.59 Å². The summed E-state index contributed by atoms with van der Waals surface area (Å²) in [5.74, 6) is 2.54. The van der Waals surface area contributed by atoms with Crippen molar-refractivity contribution < 1.29 is 9.59 Å². The van der Waals surface area contributed by atoms with Gasteiger partial charge in [-0.2, -0.15) is 0 Å². The Balaban J connectivity index is 1.50. The van der Waals surface area contributed by atoms with E-state index in [1.54, 1.807) is 4.90 Å². The topological polar surface area (TPSA) is 37.4 Å². The van der Waals surface area contributed by atoms with Crippen LogP contribution in [0, 0.1) is 35.5 Å². The Morgan fingerprint density at radius 1 is 0.850 bits per heavy atom. The van der Waals surface area contributed by atoms with Gasteiger partial charge in [-0.1, -0.05) is 31.4 Å². The number of amides is 2. The summed E-state index contributed by atoms with van der Waals surface area (Å²) < 4.78 is 0. The lowest BCUT2D eigenvalue weighted by Gasteiger charge is -2.37. The molecule has 1 aliphatic heterocycles. The molecule has 5 aliphatic carbocycles. The third-order valence-electron chi connectivity index (χ3n) is 6.64. The molecule has 1 heterocycles. The van der Waals surface area contributed by atoms with Gasteiger partial charge >= 0.3 is 0 Å². The Bertz CT molecular complexity index is 483. The highest BCUT2D eigenvalue weighted by Crippen LogP contribution is 2.65. The summed E-state index contributed by atoms with van der Waals surface area (Å²) in [6.07, 6.45) is 11.4. The maximum Gasteiger partial charge on any atom is 0.233 e. The van der Waals surface area contributed by atoms with Gasteiger partial charge in [0.25, 0.3) is 0 Å². The number of carbonyl (C=O) groups excluding carboxylic acids is 2. The number of hydrogen-bond acceptors (Lipinski definition) is 2. The molecule has 20 heavy (non-hydrogen) atoms. The maximum absolute atomic E-state index is 12.9. The summed E-state index contributed by atoms with van der Waals surface area (Å²) in [6.45, 7) is 0. The first-order valence-electron chi connectivity index (χ1n) is 8.32. The summed E-state index contributed by atoms with van der Waals surface area (Å²) >= 11 is 0. The number of nitrogens with zero attached hydrogens (tertiary/aromatic N) is 1. The van der Waals surface area contributed by atoms with Crippen molar-refractivity contribution in [1.82, 2.24) is 4.90 Å². The molecule has 0 unspecified atom stereocenters. The fourth-order valence-electron chi connectivity index (χ4n) is 5.68. The van der Waals surface area contributed by atoms with Crippen molar-refractivity contribution in [2.24, 2.45) is 35.5 Å². The summed E-state index contributed by atoms with van der Waals surface area (Å²) in [5, 5.41) is 0. The molecule has 6 aliphatic rings. The molecule has 106 valence electrons. The average molecular weight is 271 g/mol. The van der Waals surface area contributed by atoms with Gasteiger partial charge < -0.3 is 0 Å². The highest BCUT2D eigenvalue weighted by atomic mass is 16.2. The van der Waals surface area contributed by atoms with Gasteiger partial charge in [-0.25, -0.2) is 0 Å². The van der Waals surface area contributed by atoms with E-state index in [1.807, 2.05) is 0 Å². The molecule has 1 saturated heterocycles. The monoisotopic (exact) mass is 271 g/mol. The summed E-state index contributed by atoms with van der Waals surface area (Å²) in [6, 6.07) is 0.213. The van der Waals surface area contributed by atoms with Gasteiger partial charge in [0, 0.05) is 6.04 Å². The van der Waals surface area contributed by atoms with Crippen LogP contribution in [0.15, 0.2) is 12.2 Å². The standard InChI is InChI=1S/C17H21NO2/c19-16-14-10-6-7-11(13-8-12(10)13)15(14)17(20)18(16)9-4-2-1-3-5-9/h6-7,9-15H,1-5,8H2/t10-,11-,12+,13+,14-,15-/m0/s1. The van der Waals surface area contributed by atoms with Crippen molar-refractivity contribution in [2.75, 3.05) is 0 Å². The predicted molar refractivity (Wildman–Crippen MR) is 73.4 cm³/mol. The SMILES string of the molecule is O=C1[C@H]2[C@H]3C=C[C@@H]([C@H]4C[C@H]34)[C@@H]2C(=O)N1C1CCCCC1. The van der Waals surface area contributed by atoms with E-state index in [-0.39, 0.29) is 29.7 Å².